The lowest BCUT2D eigenvalue weighted by Crippen LogP contribution is -2.30. The lowest BCUT2D eigenvalue weighted by molar-refractivity contribution is -0.128. The van der Waals surface area contributed by atoms with E-state index < -0.39 is 0 Å². The molecule has 1 atom stereocenters. The summed E-state index contributed by atoms with van der Waals surface area (Å²) in [5.74, 6) is 1.74. The van der Waals surface area contributed by atoms with E-state index in [1.807, 2.05) is 35.2 Å². The molecule has 1 saturated heterocycles. The summed E-state index contributed by atoms with van der Waals surface area (Å²) in [6.07, 6.45) is 0.736. The molecule has 2 heterocycles. The van der Waals surface area contributed by atoms with E-state index in [0.717, 1.165) is 29.0 Å². The summed E-state index contributed by atoms with van der Waals surface area (Å²) in [7, 11) is 1.36. The Labute approximate surface area is 161 Å². The first-order valence-electron chi connectivity index (χ1n) is 8.63. The SMILES string of the molecule is COC(=O)c1ccc(C2SCC(=O)N2CCc2ccc3c(c2)OCO3)cc1. The summed E-state index contributed by atoms with van der Waals surface area (Å²) in [5.41, 5.74) is 2.61. The van der Waals surface area contributed by atoms with Crippen molar-refractivity contribution < 1.29 is 23.8 Å². The lowest BCUT2D eigenvalue weighted by atomic mass is 10.1. The molecular formula is C20H19NO5S. The summed E-state index contributed by atoms with van der Waals surface area (Å²) >= 11 is 1.60. The van der Waals surface area contributed by atoms with Gasteiger partial charge >= 0.3 is 5.97 Å². The number of amides is 1. The highest BCUT2D eigenvalue weighted by Crippen LogP contribution is 2.39. The van der Waals surface area contributed by atoms with Crippen LogP contribution in [0.5, 0.6) is 11.5 Å². The van der Waals surface area contributed by atoms with Crippen molar-refractivity contribution in [3.8, 4) is 11.5 Å². The van der Waals surface area contributed by atoms with E-state index in [1.165, 1.54) is 7.11 Å². The zero-order valence-corrected chi connectivity index (χ0v) is 15.7. The van der Waals surface area contributed by atoms with Crippen LogP contribution in [0.3, 0.4) is 0 Å². The van der Waals surface area contributed by atoms with Crippen LogP contribution in [-0.2, 0) is 16.0 Å². The number of methoxy groups -OCH3 is 1. The maximum Gasteiger partial charge on any atom is 0.337 e. The van der Waals surface area contributed by atoms with E-state index in [1.54, 1.807) is 23.9 Å². The predicted molar refractivity (Wildman–Crippen MR) is 101 cm³/mol. The first kappa shape index (κ1) is 17.7. The number of rotatable bonds is 5. The molecule has 1 unspecified atom stereocenters. The first-order valence-corrected chi connectivity index (χ1v) is 9.68. The van der Waals surface area contributed by atoms with Crippen molar-refractivity contribution in [1.29, 1.82) is 0 Å². The van der Waals surface area contributed by atoms with Gasteiger partial charge in [-0.05, 0) is 41.8 Å². The molecule has 27 heavy (non-hydrogen) atoms. The van der Waals surface area contributed by atoms with Gasteiger partial charge in [-0.25, -0.2) is 4.79 Å². The minimum absolute atomic E-state index is 0.0433. The van der Waals surface area contributed by atoms with Gasteiger partial charge < -0.3 is 19.1 Å². The zero-order chi connectivity index (χ0) is 18.8. The number of esters is 1. The molecule has 2 aliphatic rings. The average molecular weight is 385 g/mol. The van der Waals surface area contributed by atoms with Crippen LogP contribution in [0.2, 0.25) is 0 Å². The predicted octanol–water partition coefficient (Wildman–Crippen LogP) is 3.02. The summed E-state index contributed by atoms with van der Waals surface area (Å²) in [5, 5.41) is -0.0433. The Kier molecular flexibility index (Phi) is 4.94. The third-order valence-electron chi connectivity index (χ3n) is 4.66. The van der Waals surface area contributed by atoms with Crippen LogP contribution in [0.15, 0.2) is 42.5 Å². The lowest BCUT2D eigenvalue weighted by Gasteiger charge is -2.24. The second kappa shape index (κ2) is 7.52. The van der Waals surface area contributed by atoms with E-state index in [4.69, 9.17) is 14.2 Å². The molecule has 1 amide bonds. The maximum atomic E-state index is 12.4. The molecule has 0 bridgehead atoms. The smallest absolute Gasteiger partial charge is 0.337 e. The molecule has 2 aromatic rings. The van der Waals surface area contributed by atoms with E-state index in [2.05, 4.69) is 0 Å². The Hall–Kier alpha value is -2.67. The van der Waals surface area contributed by atoms with Crippen molar-refractivity contribution in [3.63, 3.8) is 0 Å². The molecular weight excluding hydrogens is 366 g/mol. The summed E-state index contributed by atoms with van der Waals surface area (Å²) in [4.78, 5) is 25.9. The molecule has 140 valence electrons. The van der Waals surface area contributed by atoms with Gasteiger partial charge in [-0.1, -0.05) is 18.2 Å². The molecule has 0 radical (unpaired) electrons. The Bertz CT molecular complexity index is 867. The average Bonchev–Trinajstić information content (AvgIpc) is 3.31. The van der Waals surface area contributed by atoms with Crippen LogP contribution in [0, 0.1) is 0 Å². The van der Waals surface area contributed by atoms with Crippen molar-refractivity contribution in [2.75, 3.05) is 26.2 Å². The van der Waals surface area contributed by atoms with Crippen LogP contribution in [-0.4, -0.2) is 43.0 Å². The van der Waals surface area contributed by atoms with Gasteiger partial charge in [0.15, 0.2) is 11.5 Å². The number of fused-ring (bicyclic) bond motifs is 1. The highest BCUT2D eigenvalue weighted by atomic mass is 32.2. The summed E-state index contributed by atoms with van der Waals surface area (Å²) in [6.45, 7) is 0.874. The largest absolute Gasteiger partial charge is 0.465 e. The number of carbonyl (C=O) groups excluding carboxylic acids is 2. The first-order chi connectivity index (χ1) is 13.2. The quantitative estimate of drug-likeness (QED) is 0.737. The van der Waals surface area contributed by atoms with Crippen molar-refractivity contribution in [2.24, 2.45) is 0 Å². The Morgan fingerprint density at radius 2 is 1.96 bits per heavy atom. The number of ether oxygens (including phenoxy) is 3. The molecule has 4 rings (SSSR count). The van der Waals surface area contributed by atoms with E-state index in [9.17, 15) is 9.59 Å². The highest BCUT2D eigenvalue weighted by Gasteiger charge is 2.32. The Morgan fingerprint density at radius 1 is 1.19 bits per heavy atom. The van der Waals surface area contributed by atoms with E-state index in [-0.39, 0.29) is 24.0 Å². The normalized spacial score (nSPS) is 18.0. The van der Waals surface area contributed by atoms with Crippen LogP contribution < -0.4 is 9.47 Å². The highest BCUT2D eigenvalue weighted by molar-refractivity contribution is 8.00. The molecule has 0 aromatic heterocycles. The topological polar surface area (TPSA) is 65.1 Å². The molecule has 0 spiro atoms. The minimum Gasteiger partial charge on any atom is -0.465 e. The second-order valence-electron chi connectivity index (χ2n) is 6.30. The van der Waals surface area contributed by atoms with Gasteiger partial charge in [0.05, 0.1) is 18.4 Å². The molecule has 0 N–H and O–H groups in total. The molecule has 2 aromatic carbocycles. The zero-order valence-electron chi connectivity index (χ0n) is 14.8. The van der Waals surface area contributed by atoms with Crippen molar-refractivity contribution >= 4 is 23.6 Å². The van der Waals surface area contributed by atoms with Crippen molar-refractivity contribution in [1.82, 2.24) is 4.90 Å². The van der Waals surface area contributed by atoms with Gasteiger partial charge in [-0.15, -0.1) is 11.8 Å². The van der Waals surface area contributed by atoms with Crippen LogP contribution >= 0.6 is 11.8 Å². The van der Waals surface area contributed by atoms with Crippen LogP contribution in [0.25, 0.3) is 0 Å². The third kappa shape index (κ3) is 3.60. The molecule has 6 nitrogen and oxygen atoms in total. The summed E-state index contributed by atoms with van der Waals surface area (Å²) < 4.78 is 15.5. The third-order valence-corrected chi connectivity index (χ3v) is 5.92. The van der Waals surface area contributed by atoms with Gasteiger partial charge in [0, 0.05) is 6.54 Å². The monoisotopic (exact) mass is 385 g/mol. The molecule has 1 fully saturated rings. The van der Waals surface area contributed by atoms with Crippen LogP contribution in [0.1, 0.15) is 26.9 Å². The number of nitrogens with zero attached hydrogens (tertiary/aromatic N) is 1. The minimum atomic E-state index is -0.364. The number of hydrogen-bond acceptors (Lipinski definition) is 6. The fourth-order valence-electron chi connectivity index (χ4n) is 3.22. The van der Waals surface area contributed by atoms with E-state index in [0.29, 0.717) is 17.9 Å². The van der Waals surface area contributed by atoms with Crippen LogP contribution in [0.4, 0.5) is 0 Å². The molecule has 2 aliphatic heterocycles. The van der Waals surface area contributed by atoms with Gasteiger partial charge in [0.1, 0.15) is 5.37 Å². The fraction of sp³-hybridized carbons (Fsp3) is 0.300. The number of hydrogen-bond donors (Lipinski definition) is 0. The number of carbonyl (C=O) groups is 2. The number of benzene rings is 2. The number of thioether (sulfide) groups is 1. The molecule has 0 saturated carbocycles. The van der Waals surface area contributed by atoms with Gasteiger partial charge in [0.25, 0.3) is 0 Å². The Balaban J connectivity index is 1.46. The van der Waals surface area contributed by atoms with E-state index >= 15 is 0 Å². The van der Waals surface area contributed by atoms with Crippen molar-refractivity contribution in [3.05, 3.63) is 59.2 Å². The molecule has 0 aliphatic carbocycles. The van der Waals surface area contributed by atoms with Gasteiger partial charge in [-0.3, -0.25) is 4.79 Å². The van der Waals surface area contributed by atoms with Gasteiger partial charge in [0.2, 0.25) is 12.7 Å². The van der Waals surface area contributed by atoms with Gasteiger partial charge in [-0.2, -0.15) is 0 Å². The fourth-order valence-corrected chi connectivity index (χ4v) is 4.44. The Morgan fingerprint density at radius 3 is 2.74 bits per heavy atom. The maximum absolute atomic E-state index is 12.4. The summed E-state index contributed by atoms with van der Waals surface area (Å²) in [6, 6.07) is 13.1. The molecule has 7 heteroatoms. The standard InChI is InChI=1S/C20H19NO5S/c1-24-20(23)15-5-3-14(4-6-15)19-21(18(22)11-27-19)9-8-13-2-7-16-17(10-13)26-12-25-16/h2-7,10,19H,8-9,11-12H2,1H3. The van der Waals surface area contributed by atoms with Crippen molar-refractivity contribution in [2.45, 2.75) is 11.8 Å². The second-order valence-corrected chi connectivity index (χ2v) is 7.37.